The molecule has 0 saturated heterocycles. The highest BCUT2D eigenvalue weighted by atomic mass is 16.6. The monoisotopic (exact) mass is 298 g/mol. The minimum absolute atomic E-state index is 0.145. The Bertz CT molecular complexity index is 416. The minimum atomic E-state index is -1.00. The van der Waals surface area contributed by atoms with Crippen LogP contribution in [0.5, 0.6) is 0 Å². The summed E-state index contributed by atoms with van der Waals surface area (Å²) in [6.45, 7) is 5.05. The summed E-state index contributed by atoms with van der Waals surface area (Å²) in [7, 11) is 2.91. The molecule has 1 aliphatic rings. The normalized spacial score (nSPS) is 32.6. The van der Waals surface area contributed by atoms with Crippen molar-refractivity contribution in [2.75, 3.05) is 14.2 Å². The fourth-order valence-corrected chi connectivity index (χ4v) is 2.89. The van der Waals surface area contributed by atoms with Crippen molar-refractivity contribution in [2.45, 2.75) is 25.6 Å². The van der Waals surface area contributed by atoms with E-state index >= 15 is 0 Å². The second kappa shape index (κ2) is 7.83. The number of carboxylic acids is 1. The summed E-state index contributed by atoms with van der Waals surface area (Å²) >= 11 is 0. The summed E-state index contributed by atoms with van der Waals surface area (Å²) in [5, 5.41) is 9.55. The highest BCUT2D eigenvalue weighted by molar-refractivity contribution is 5.72. The van der Waals surface area contributed by atoms with E-state index < -0.39 is 30.1 Å². The predicted octanol–water partition coefficient (Wildman–Crippen LogP) is 1.62. The average molecular weight is 298 g/mol. The molecule has 0 aromatic heterocycles. The van der Waals surface area contributed by atoms with Crippen LogP contribution in [-0.2, 0) is 23.8 Å². The SMILES string of the molecule is C=C[C@H]1C[C@@H](OC(C)=O)[C@H](OC)[C@@H](C(=O)O)[C@H]1/C=C/OC. The van der Waals surface area contributed by atoms with Crippen molar-refractivity contribution in [2.24, 2.45) is 17.8 Å². The number of aliphatic carboxylic acids is 1. The zero-order chi connectivity index (χ0) is 16.0. The number of allylic oxidation sites excluding steroid dienone is 2. The van der Waals surface area contributed by atoms with Gasteiger partial charge in [-0.1, -0.05) is 6.08 Å². The molecular weight excluding hydrogens is 276 g/mol. The molecule has 0 aromatic carbocycles. The van der Waals surface area contributed by atoms with Gasteiger partial charge in [0.25, 0.3) is 0 Å². The molecule has 0 bridgehead atoms. The number of carbonyl (C=O) groups is 2. The van der Waals surface area contributed by atoms with E-state index in [1.165, 1.54) is 27.4 Å². The summed E-state index contributed by atoms with van der Waals surface area (Å²) in [6, 6.07) is 0. The van der Waals surface area contributed by atoms with Crippen LogP contribution in [0.25, 0.3) is 0 Å². The van der Waals surface area contributed by atoms with Crippen molar-refractivity contribution in [3.8, 4) is 0 Å². The standard InChI is InChI=1S/C15H22O6/c1-5-10-8-12(21-9(2)16)14(20-4)13(15(17)18)11(10)6-7-19-3/h5-7,10-14H,1,8H2,2-4H3,(H,17,18)/b7-6+/t10-,11-,12+,13-,14-/m0/s1. The zero-order valence-electron chi connectivity index (χ0n) is 12.5. The lowest BCUT2D eigenvalue weighted by atomic mass is 9.69. The summed E-state index contributed by atoms with van der Waals surface area (Å²) in [5.74, 6) is -2.79. The molecule has 21 heavy (non-hydrogen) atoms. The molecule has 0 aliphatic heterocycles. The van der Waals surface area contributed by atoms with Crippen molar-refractivity contribution in [3.05, 3.63) is 25.0 Å². The molecule has 0 amide bonds. The van der Waals surface area contributed by atoms with Crippen LogP contribution in [0.2, 0.25) is 0 Å². The Morgan fingerprint density at radius 2 is 2.00 bits per heavy atom. The molecule has 0 unspecified atom stereocenters. The Balaban J connectivity index is 3.14. The van der Waals surface area contributed by atoms with Gasteiger partial charge in [-0.3, -0.25) is 9.59 Å². The molecule has 1 saturated carbocycles. The number of hydrogen-bond donors (Lipinski definition) is 1. The fraction of sp³-hybridized carbons (Fsp3) is 0.600. The van der Waals surface area contributed by atoms with Gasteiger partial charge in [-0.05, 0) is 18.4 Å². The van der Waals surface area contributed by atoms with E-state index in [4.69, 9.17) is 14.2 Å². The van der Waals surface area contributed by atoms with E-state index in [1.807, 2.05) is 0 Å². The second-order valence-electron chi connectivity index (χ2n) is 4.99. The van der Waals surface area contributed by atoms with Crippen LogP contribution in [0, 0.1) is 17.8 Å². The predicted molar refractivity (Wildman–Crippen MR) is 75.4 cm³/mol. The van der Waals surface area contributed by atoms with E-state index in [1.54, 1.807) is 12.2 Å². The lowest BCUT2D eigenvalue weighted by molar-refractivity contribution is -0.176. The van der Waals surface area contributed by atoms with Gasteiger partial charge in [-0.2, -0.15) is 0 Å². The molecule has 6 nitrogen and oxygen atoms in total. The third-order valence-corrected chi connectivity index (χ3v) is 3.75. The van der Waals surface area contributed by atoms with Crippen LogP contribution < -0.4 is 0 Å². The lowest BCUT2D eigenvalue weighted by Crippen LogP contribution is -2.51. The lowest BCUT2D eigenvalue weighted by Gasteiger charge is -2.42. The first-order chi connectivity index (χ1) is 9.96. The van der Waals surface area contributed by atoms with E-state index in [0.29, 0.717) is 6.42 Å². The molecule has 118 valence electrons. The number of rotatable bonds is 6. The summed E-state index contributed by atoms with van der Waals surface area (Å²) in [4.78, 5) is 22.9. The van der Waals surface area contributed by atoms with Crippen molar-refractivity contribution in [1.82, 2.24) is 0 Å². The Morgan fingerprint density at radius 3 is 2.43 bits per heavy atom. The van der Waals surface area contributed by atoms with E-state index in [0.717, 1.165) is 0 Å². The maximum absolute atomic E-state index is 11.7. The molecule has 1 fully saturated rings. The number of ether oxygens (including phenoxy) is 3. The average Bonchev–Trinajstić information content (AvgIpc) is 2.43. The zero-order valence-corrected chi connectivity index (χ0v) is 12.5. The van der Waals surface area contributed by atoms with Crippen molar-refractivity contribution >= 4 is 11.9 Å². The molecular formula is C15H22O6. The van der Waals surface area contributed by atoms with E-state index in [9.17, 15) is 14.7 Å². The fourth-order valence-electron chi connectivity index (χ4n) is 2.89. The maximum Gasteiger partial charge on any atom is 0.309 e. The Kier molecular flexibility index (Phi) is 6.42. The molecule has 0 aromatic rings. The van der Waals surface area contributed by atoms with E-state index in [-0.39, 0.29) is 11.8 Å². The molecule has 1 aliphatic carbocycles. The summed E-state index contributed by atoms with van der Waals surface area (Å²) in [6.07, 6.45) is 3.97. The van der Waals surface area contributed by atoms with Crippen LogP contribution in [-0.4, -0.2) is 43.5 Å². The Labute approximate surface area is 124 Å². The quantitative estimate of drug-likeness (QED) is 0.456. The summed E-state index contributed by atoms with van der Waals surface area (Å²) in [5.41, 5.74) is 0. The number of carboxylic acid groups (broad SMARTS) is 1. The molecule has 1 rings (SSSR count). The number of hydrogen-bond acceptors (Lipinski definition) is 5. The van der Waals surface area contributed by atoms with Crippen LogP contribution in [0.1, 0.15) is 13.3 Å². The van der Waals surface area contributed by atoms with Gasteiger partial charge in [0.15, 0.2) is 0 Å². The van der Waals surface area contributed by atoms with Crippen molar-refractivity contribution in [3.63, 3.8) is 0 Å². The van der Waals surface area contributed by atoms with E-state index in [2.05, 4.69) is 6.58 Å². The van der Waals surface area contributed by atoms with Gasteiger partial charge < -0.3 is 19.3 Å². The molecule has 0 spiro atoms. The topological polar surface area (TPSA) is 82.1 Å². The van der Waals surface area contributed by atoms with Gasteiger partial charge in [-0.25, -0.2) is 0 Å². The second-order valence-corrected chi connectivity index (χ2v) is 4.99. The smallest absolute Gasteiger partial charge is 0.309 e. The van der Waals surface area contributed by atoms with Crippen molar-refractivity contribution < 1.29 is 28.9 Å². The first-order valence-corrected chi connectivity index (χ1v) is 6.71. The van der Waals surface area contributed by atoms with Gasteiger partial charge in [0.05, 0.1) is 19.3 Å². The van der Waals surface area contributed by atoms with Gasteiger partial charge >= 0.3 is 11.9 Å². The third-order valence-electron chi connectivity index (χ3n) is 3.75. The first-order valence-electron chi connectivity index (χ1n) is 6.71. The minimum Gasteiger partial charge on any atom is -0.505 e. The van der Waals surface area contributed by atoms with Gasteiger partial charge in [0, 0.05) is 20.0 Å². The van der Waals surface area contributed by atoms with Crippen LogP contribution in [0.4, 0.5) is 0 Å². The number of carbonyl (C=O) groups excluding carboxylic acids is 1. The molecule has 1 N–H and O–H groups in total. The maximum atomic E-state index is 11.7. The molecule has 5 atom stereocenters. The summed E-state index contributed by atoms with van der Waals surface area (Å²) < 4.78 is 15.4. The third kappa shape index (κ3) is 4.07. The molecule has 6 heteroatoms. The molecule has 0 heterocycles. The van der Waals surface area contributed by atoms with Gasteiger partial charge in [-0.15, -0.1) is 6.58 Å². The molecule has 0 radical (unpaired) electrons. The first kappa shape index (κ1) is 17.2. The van der Waals surface area contributed by atoms with Crippen LogP contribution in [0.15, 0.2) is 25.0 Å². The number of methoxy groups -OCH3 is 2. The van der Waals surface area contributed by atoms with Gasteiger partial charge in [0.2, 0.25) is 0 Å². The highest BCUT2D eigenvalue weighted by Crippen LogP contribution is 2.39. The van der Waals surface area contributed by atoms with Crippen LogP contribution >= 0.6 is 0 Å². The Morgan fingerprint density at radius 1 is 1.33 bits per heavy atom. The Hall–Kier alpha value is -1.82. The van der Waals surface area contributed by atoms with Crippen LogP contribution in [0.3, 0.4) is 0 Å². The highest BCUT2D eigenvalue weighted by Gasteiger charge is 2.48. The largest absolute Gasteiger partial charge is 0.505 e. The van der Waals surface area contributed by atoms with Crippen molar-refractivity contribution in [1.29, 1.82) is 0 Å². The van der Waals surface area contributed by atoms with Gasteiger partial charge in [0.1, 0.15) is 12.2 Å². The number of esters is 1.